The Morgan fingerprint density at radius 3 is 2.79 bits per heavy atom. The van der Waals surface area contributed by atoms with Crippen LogP contribution in [-0.4, -0.2) is 16.1 Å². The van der Waals surface area contributed by atoms with Crippen molar-refractivity contribution in [2.24, 2.45) is 0 Å². The Bertz CT molecular complexity index is 647. The number of nitrogens with zero attached hydrogens (tertiary/aromatic N) is 1. The smallest absolute Gasteiger partial charge is 0.337 e. The zero-order valence-corrected chi connectivity index (χ0v) is 10.7. The molecule has 2 aromatic rings. The van der Waals surface area contributed by atoms with Crippen LogP contribution in [0, 0.1) is 12.7 Å². The van der Waals surface area contributed by atoms with Crippen molar-refractivity contribution in [2.75, 3.05) is 5.32 Å². The van der Waals surface area contributed by atoms with Crippen molar-refractivity contribution in [1.82, 2.24) is 4.98 Å². The first-order valence-corrected chi connectivity index (χ1v) is 5.77. The lowest BCUT2D eigenvalue weighted by Gasteiger charge is -2.09. The number of hydrogen-bond acceptors (Lipinski definition) is 3. The summed E-state index contributed by atoms with van der Waals surface area (Å²) in [6.07, 6.45) is 1.16. The number of carbonyl (C=O) groups is 1. The molecular weight excluding hydrogens is 271 g/mol. The van der Waals surface area contributed by atoms with Gasteiger partial charge in [0.1, 0.15) is 11.6 Å². The molecule has 1 aromatic heterocycles. The highest BCUT2D eigenvalue weighted by Crippen LogP contribution is 2.26. The number of halogens is 2. The first-order chi connectivity index (χ1) is 8.97. The van der Waals surface area contributed by atoms with Crippen molar-refractivity contribution in [1.29, 1.82) is 0 Å². The number of carboxylic acid groups (broad SMARTS) is 1. The van der Waals surface area contributed by atoms with Gasteiger partial charge in [0.25, 0.3) is 0 Å². The fourth-order valence-corrected chi connectivity index (χ4v) is 1.72. The van der Waals surface area contributed by atoms with E-state index in [1.807, 2.05) is 6.92 Å². The van der Waals surface area contributed by atoms with Gasteiger partial charge in [-0.2, -0.15) is 0 Å². The largest absolute Gasteiger partial charge is 0.478 e. The molecule has 6 heteroatoms. The number of rotatable bonds is 3. The van der Waals surface area contributed by atoms with Gasteiger partial charge in [-0.3, -0.25) is 0 Å². The quantitative estimate of drug-likeness (QED) is 0.901. The maximum absolute atomic E-state index is 13.6. The van der Waals surface area contributed by atoms with E-state index in [9.17, 15) is 9.18 Å². The van der Waals surface area contributed by atoms with E-state index in [0.29, 0.717) is 0 Å². The molecule has 0 spiro atoms. The number of aromatic nitrogens is 1. The molecule has 0 fully saturated rings. The molecule has 1 heterocycles. The van der Waals surface area contributed by atoms with Crippen molar-refractivity contribution in [3.63, 3.8) is 0 Å². The van der Waals surface area contributed by atoms with Crippen molar-refractivity contribution in [3.8, 4) is 0 Å². The molecular formula is C13H10ClFN2O2. The van der Waals surface area contributed by atoms with Crippen LogP contribution in [0.5, 0.6) is 0 Å². The minimum absolute atomic E-state index is 0.0275. The van der Waals surface area contributed by atoms with Crippen LogP contribution in [0.2, 0.25) is 5.02 Å². The second-order valence-electron chi connectivity index (χ2n) is 3.97. The number of benzene rings is 1. The van der Waals surface area contributed by atoms with E-state index < -0.39 is 11.8 Å². The molecule has 0 radical (unpaired) electrons. The molecule has 19 heavy (non-hydrogen) atoms. The standard InChI is InChI=1S/C13H10ClFN2O2/c1-7-2-3-10(15)11(4-7)17-12-9(14)5-8(6-16-12)13(18)19/h2-6H,1H3,(H,16,17)(H,18,19). The highest BCUT2D eigenvalue weighted by atomic mass is 35.5. The summed E-state index contributed by atoms with van der Waals surface area (Å²) in [5, 5.41) is 11.6. The number of anilines is 2. The SMILES string of the molecule is Cc1ccc(F)c(Nc2ncc(C(=O)O)cc2Cl)c1. The highest BCUT2D eigenvalue weighted by Gasteiger charge is 2.10. The average molecular weight is 281 g/mol. The van der Waals surface area contributed by atoms with E-state index in [1.165, 1.54) is 12.1 Å². The van der Waals surface area contributed by atoms with Crippen LogP contribution in [0.4, 0.5) is 15.9 Å². The van der Waals surface area contributed by atoms with E-state index >= 15 is 0 Å². The zero-order chi connectivity index (χ0) is 14.0. The van der Waals surface area contributed by atoms with Crippen molar-refractivity contribution in [2.45, 2.75) is 6.92 Å². The molecule has 2 N–H and O–H groups in total. The molecule has 0 aliphatic heterocycles. The molecule has 0 amide bonds. The summed E-state index contributed by atoms with van der Waals surface area (Å²) in [5.74, 6) is -1.36. The van der Waals surface area contributed by atoms with Gasteiger partial charge in [0.2, 0.25) is 0 Å². The monoisotopic (exact) mass is 280 g/mol. The molecule has 0 atom stereocenters. The lowest BCUT2D eigenvalue weighted by Crippen LogP contribution is -2.01. The molecule has 0 aliphatic carbocycles. The lowest BCUT2D eigenvalue weighted by molar-refractivity contribution is 0.0696. The third-order valence-electron chi connectivity index (χ3n) is 2.46. The Morgan fingerprint density at radius 1 is 1.42 bits per heavy atom. The molecule has 2 rings (SSSR count). The second-order valence-corrected chi connectivity index (χ2v) is 4.38. The molecule has 4 nitrogen and oxygen atoms in total. The predicted octanol–water partition coefficient (Wildman–Crippen LogP) is 3.62. The zero-order valence-electron chi connectivity index (χ0n) is 9.95. The first kappa shape index (κ1) is 13.3. The van der Waals surface area contributed by atoms with Gasteiger partial charge >= 0.3 is 5.97 Å². The van der Waals surface area contributed by atoms with Crippen molar-refractivity contribution in [3.05, 3.63) is 52.4 Å². The van der Waals surface area contributed by atoms with Crippen LogP contribution in [0.3, 0.4) is 0 Å². The fourth-order valence-electron chi connectivity index (χ4n) is 1.51. The lowest BCUT2D eigenvalue weighted by atomic mass is 10.2. The third kappa shape index (κ3) is 3.00. The third-order valence-corrected chi connectivity index (χ3v) is 2.75. The molecule has 0 unspecified atom stereocenters. The summed E-state index contributed by atoms with van der Waals surface area (Å²) in [4.78, 5) is 14.6. The van der Waals surface area contributed by atoms with Gasteiger partial charge in [-0.15, -0.1) is 0 Å². The molecule has 0 aliphatic rings. The van der Waals surface area contributed by atoms with E-state index in [1.54, 1.807) is 12.1 Å². The number of carboxylic acids is 1. The number of hydrogen-bond donors (Lipinski definition) is 2. The molecule has 98 valence electrons. The Kier molecular flexibility index (Phi) is 3.66. The predicted molar refractivity (Wildman–Crippen MR) is 70.6 cm³/mol. The van der Waals surface area contributed by atoms with Gasteiger partial charge in [0.15, 0.2) is 0 Å². The Hall–Kier alpha value is -2.14. The average Bonchev–Trinajstić information content (AvgIpc) is 2.36. The molecule has 0 bridgehead atoms. The van der Waals surface area contributed by atoms with E-state index in [-0.39, 0.29) is 22.1 Å². The van der Waals surface area contributed by atoms with Gasteiger partial charge < -0.3 is 10.4 Å². The van der Waals surface area contributed by atoms with E-state index in [2.05, 4.69) is 10.3 Å². The van der Waals surface area contributed by atoms with Crippen LogP contribution in [-0.2, 0) is 0 Å². The number of aromatic carboxylic acids is 1. The number of nitrogens with one attached hydrogen (secondary N) is 1. The van der Waals surface area contributed by atoms with Gasteiger partial charge in [-0.25, -0.2) is 14.2 Å². The second kappa shape index (κ2) is 5.24. The number of aryl methyl sites for hydroxylation is 1. The van der Waals surface area contributed by atoms with Crippen LogP contribution in [0.1, 0.15) is 15.9 Å². The van der Waals surface area contributed by atoms with Crippen molar-refractivity contribution < 1.29 is 14.3 Å². The molecule has 1 aromatic carbocycles. The van der Waals surface area contributed by atoms with Crippen LogP contribution >= 0.6 is 11.6 Å². The normalized spacial score (nSPS) is 10.3. The van der Waals surface area contributed by atoms with E-state index in [4.69, 9.17) is 16.7 Å². The summed E-state index contributed by atoms with van der Waals surface area (Å²) >= 11 is 5.90. The summed E-state index contributed by atoms with van der Waals surface area (Å²) < 4.78 is 13.6. The fraction of sp³-hybridized carbons (Fsp3) is 0.0769. The highest BCUT2D eigenvalue weighted by molar-refractivity contribution is 6.33. The Morgan fingerprint density at radius 2 is 2.16 bits per heavy atom. The van der Waals surface area contributed by atoms with Gasteiger partial charge in [0, 0.05) is 6.20 Å². The Balaban J connectivity index is 2.33. The van der Waals surface area contributed by atoms with Crippen LogP contribution < -0.4 is 5.32 Å². The number of pyridine rings is 1. The Labute approximate surface area is 113 Å². The van der Waals surface area contributed by atoms with Crippen LogP contribution in [0.15, 0.2) is 30.5 Å². The minimum atomic E-state index is -1.12. The van der Waals surface area contributed by atoms with Gasteiger partial charge in [0.05, 0.1) is 16.3 Å². The summed E-state index contributed by atoms with van der Waals surface area (Å²) in [6.45, 7) is 1.83. The van der Waals surface area contributed by atoms with Crippen molar-refractivity contribution >= 4 is 29.1 Å². The summed E-state index contributed by atoms with van der Waals surface area (Å²) in [6, 6.07) is 5.84. The maximum Gasteiger partial charge on any atom is 0.337 e. The summed E-state index contributed by atoms with van der Waals surface area (Å²) in [7, 11) is 0. The van der Waals surface area contributed by atoms with Gasteiger partial charge in [-0.1, -0.05) is 17.7 Å². The topological polar surface area (TPSA) is 62.2 Å². The van der Waals surface area contributed by atoms with E-state index in [0.717, 1.165) is 11.8 Å². The molecule has 0 saturated heterocycles. The molecule has 0 saturated carbocycles. The van der Waals surface area contributed by atoms with Crippen LogP contribution in [0.25, 0.3) is 0 Å². The van der Waals surface area contributed by atoms with Gasteiger partial charge in [-0.05, 0) is 30.7 Å². The summed E-state index contributed by atoms with van der Waals surface area (Å²) in [5.41, 5.74) is 1.08. The first-order valence-electron chi connectivity index (χ1n) is 5.39. The maximum atomic E-state index is 13.6. The minimum Gasteiger partial charge on any atom is -0.478 e.